The molecule has 1 aliphatic rings. The minimum Gasteiger partial charge on any atom is -0.349 e. The molecular formula is C15H21NO3S. The summed E-state index contributed by atoms with van der Waals surface area (Å²) >= 11 is 0. The van der Waals surface area contributed by atoms with Gasteiger partial charge < -0.3 is 5.32 Å². The number of benzene rings is 1. The lowest BCUT2D eigenvalue weighted by Crippen LogP contribution is -2.34. The van der Waals surface area contributed by atoms with E-state index in [-0.39, 0.29) is 29.4 Å². The summed E-state index contributed by atoms with van der Waals surface area (Å²) in [5, 5.41) is 3.01. The predicted octanol–water partition coefficient (Wildman–Crippen LogP) is 2.08. The Kier molecular flexibility index (Phi) is 4.81. The Morgan fingerprint density at radius 2 is 2.05 bits per heavy atom. The second kappa shape index (κ2) is 6.39. The summed E-state index contributed by atoms with van der Waals surface area (Å²) in [4.78, 5) is 12.2. The molecule has 1 N–H and O–H groups in total. The van der Waals surface area contributed by atoms with Gasteiger partial charge in [0, 0.05) is 0 Å². The van der Waals surface area contributed by atoms with Crippen LogP contribution in [0, 0.1) is 5.92 Å². The lowest BCUT2D eigenvalue weighted by Gasteiger charge is -2.20. The molecular weight excluding hydrogens is 274 g/mol. The van der Waals surface area contributed by atoms with Gasteiger partial charge in [0.2, 0.25) is 5.91 Å². The zero-order valence-electron chi connectivity index (χ0n) is 11.7. The standard InChI is InChI=1S/C15H21NO3S/c1-2-6-14(12-7-4-3-5-8-12)16-15(17)13-9-10-20(18,19)11-13/h3-5,7-8,13-14H,2,6,9-11H2,1H3,(H,16,17)/t13-,14+/m0/s1. The van der Waals surface area contributed by atoms with Crippen molar-refractivity contribution in [1.82, 2.24) is 5.32 Å². The van der Waals surface area contributed by atoms with Crippen molar-refractivity contribution in [3.8, 4) is 0 Å². The van der Waals surface area contributed by atoms with E-state index in [1.807, 2.05) is 30.3 Å². The van der Waals surface area contributed by atoms with E-state index in [0.29, 0.717) is 6.42 Å². The van der Waals surface area contributed by atoms with Gasteiger partial charge >= 0.3 is 0 Å². The average molecular weight is 295 g/mol. The molecule has 0 aliphatic carbocycles. The fourth-order valence-electron chi connectivity index (χ4n) is 2.59. The number of rotatable bonds is 5. The molecule has 1 aliphatic heterocycles. The largest absolute Gasteiger partial charge is 0.349 e. The number of amides is 1. The number of nitrogens with one attached hydrogen (secondary N) is 1. The highest BCUT2D eigenvalue weighted by Gasteiger charge is 2.33. The molecule has 0 bridgehead atoms. The van der Waals surface area contributed by atoms with E-state index in [1.54, 1.807) is 0 Å². The summed E-state index contributed by atoms with van der Waals surface area (Å²) in [5.74, 6) is -0.391. The Morgan fingerprint density at radius 1 is 1.35 bits per heavy atom. The van der Waals surface area contributed by atoms with Gasteiger partial charge in [0.25, 0.3) is 0 Å². The van der Waals surface area contributed by atoms with Crippen LogP contribution in [0.25, 0.3) is 0 Å². The summed E-state index contributed by atoms with van der Waals surface area (Å²) in [6.45, 7) is 2.07. The van der Waals surface area contributed by atoms with E-state index in [4.69, 9.17) is 0 Å². The third-order valence-corrected chi connectivity index (χ3v) is 5.47. The van der Waals surface area contributed by atoms with E-state index in [9.17, 15) is 13.2 Å². The van der Waals surface area contributed by atoms with Crippen LogP contribution in [0.5, 0.6) is 0 Å². The Labute approximate surface area is 120 Å². The Balaban J connectivity index is 2.04. The summed E-state index contributed by atoms with van der Waals surface area (Å²) in [6, 6.07) is 9.79. The molecule has 1 heterocycles. The highest BCUT2D eigenvalue weighted by molar-refractivity contribution is 7.91. The molecule has 1 fully saturated rings. The van der Waals surface area contributed by atoms with Gasteiger partial charge in [-0.2, -0.15) is 0 Å². The Hall–Kier alpha value is -1.36. The molecule has 1 amide bonds. The summed E-state index contributed by atoms with van der Waals surface area (Å²) in [7, 11) is -3.01. The molecule has 5 heteroatoms. The lowest BCUT2D eigenvalue weighted by molar-refractivity contribution is -0.125. The van der Waals surface area contributed by atoms with Crippen molar-refractivity contribution in [2.45, 2.75) is 32.2 Å². The second-order valence-electron chi connectivity index (χ2n) is 5.36. The van der Waals surface area contributed by atoms with E-state index >= 15 is 0 Å². The SMILES string of the molecule is CCC[C@@H](NC(=O)[C@H]1CCS(=O)(=O)C1)c1ccccc1. The molecule has 1 aromatic rings. The number of hydrogen-bond donors (Lipinski definition) is 1. The van der Waals surface area contributed by atoms with Crippen LogP contribution in [0.2, 0.25) is 0 Å². The molecule has 0 aromatic heterocycles. The third-order valence-electron chi connectivity index (χ3n) is 3.70. The predicted molar refractivity (Wildman–Crippen MR) is 79.0 cm³/mol. The fraction of sp³-hybridized carbons (Fsp3) is 0.533. The highest BCUT2D eigenvalue weighted by Crippen LogP contribution is 2.22. The van der Waals surface area contributed by atoms with Crippen LogP contribution in [0.1, 0.15) is 37.8 Å². The minimum absolute atomic E-state index is 0.00747. The van der Waals surface area contributed by atoms with E-state index in [2.05, 4.69) is 12.2 Å². The van der Waals surface area contributed by atoms with Crippen LogP contribution in [0.3, 0.4) is 0 Å². The first kappa shape index (κ1) is 15.0. The quantitative estimate of drug-likeness (QED) is 0.904. The van der Waals surface area contributed by atoms with E-state index < -0.39 is 9.84 Å². The van der Waals surface area contributed by atoms with Crippen LogP contribution in [0.4, 0.5) is 0 Å². The average Bonchev–Trinajstić information content (AvgIpc) is 2.80. The normalized spacial score (nSPS) is 22.4. The van der Waals surface area contributed by atoms with Crippen molar-refractivity contribution in [3.63, 3.8) is 0 Å². The zero-order valence-corrected chi connectivity index (χ0v) is 12.5. The van der Waals surface area contributed by atoms with Gasteiger partial charge in [-0.1, -0.05) is 43.7 Å². The van der Waals surface area contributed by atoms with Crippen LogP contribution in [-0.2, 0) is 14.6 Å². The summed E-state index contributed by atoms with van der Waals surface area (Å²) in [6.07, 6.45) is 2.26. The third kappa shape index (κ3) is 3.82. The van der Waals surface area contributed by atoms with Crippen molar-refractivity contribution < 1.29 is 13.2 Å². The van der Waals surface area contributed by atoms with E-state index in [1.165, 1.54) is 0 Å². The van der Waals surface area contributed by atoms with Gasteiger partial charge in [0.1, 0.15) is 0 Å². The Morgan fingerprint density at radius 3 is 2.60 bits per heavy atom. The first-order valence-electron chi connectivity index (χ1n) is 7.07. The zero-order chi connectivity index (χ0) is 14.6. The molecule has 20 heavy (non-hydrogen) atoms. The maximum atomic E-state index is 12.2. The maximum absolute atomic E-state index is 12.2. The molecule has 0 saturated carbocycles. The molecule has 1 saturated heterocycles. The topological polar surface area (TPSA) is 63.2 Å². The smallest absolute Gasteiger partial charge is 0.224 e. The van der Waals surface area contributed by atoms with Gasteiger partial charge in [-0.05, 0) is 18.4 Å². The molecule has 0 unspecified atom stereocenters. The molecule has 4 nitrogen and oxygen atoms in total. The summed E-state index contributed by atoms with van der Waals surface area (Å²) in [5.41, 5.74) is 1.07. The number of carbonyl (C=O) groups is 1. The molecule has 2 atom stereocenters. The van der Waals surface area contributed by atoms with Crippen molar-refractivity contribution in [2.75, 3.05) is 11.5 Å². The maximum Gasteiger partial charge on any atom is 0.224 e. The number of sulfone groups is 1. The van der Waals surface area contributed by atoms with Gasteiger partial charge in [-0.15, -0.1) is 0 Å². The van der Waals surface area contributed by atoms with Crippen molar-refractivity contribution in [2.24, 2.45) is 5.92 Å². The molecule has 0 spiro atoms. The van der Waals surface area contributed by atoms with Crippen molar-refractivity contribution in [3.05, 3.63) is 35.9 Å². The lowest BCUT2D eigenvalue weighted by atomic mass is 10.0. The first-order chi connectivity index (χ1) is 9.52. The van der Waals surface area contributed by atoms with Crippen molar-refractivity contribution >= 4 is 15.7 Å². The molecule has 1 aromatic carbocycles. The van der Waals surface area contributed by atoms with Gasteiger partial charge in [0.05, 0.1) is 23.5 Å². The monoisotopic (exact) mass is 295 g/mol. The van der Waals surface area contributed by atoms with Crippen LogP contribution < -0.4 is 5.32 Å². The number of carbonyl (C=O) groups excluding carboxylic acids is 1. The van der Waals surface area contributed by atoms with E-state index in [0.717, 1.165) is 18.4 Å². The minimum atomic E-state index is -3.01. The molecule has 110 valence electrons. The fourth-order valence-corrected chi connectivity index (χ4v) is 4.33. The van der Waals surface area contributed by atoms with Crippen LogP contribution in [0.15, 0.2) is 30.3 Å². The number of hydrogen-bond acceptors (Lipinski definition) is 3. The van der Waals surface area contributed by atoms with Gasteiger partial charge in [-0.25, -0.2) is 8.42 Å². The molecule has 0 radical (unpaired) electrons. The highest BCUT2D eigenvalue weighted by atomic mass is 32.2. The van der Waals surface area contributed by atoms with Crippen LogP contribution in [-0.4, -0.2) is 25.8 Å². The van der Waals surface area contributed by atoms with Gasteiger partial charge in [0.15, 0.2) is 9.84 Å². The van der Waals surface area contributed by atoms with Crippen LogP contribution >= 0.6 is 0 Å². The second-order valence-corrected chi connectivity index (χ2v) is 7.59. The first-order valence-corrected chi connectivity index (χ1v) is 8.89. The molecule has 2 rings (SSSR count). The van der Waals surface area contributed by atoms with Gasteiger partial charge in [-0.3, -0.25) is 4.79 Å². The summed E-state index contributed by atoms with van der Waals surface area (Å²) < 4.78 is 22.9. The Bertz CT molecular complexity index is 554. The van der Waals surface area contributed by atoms with Crippen molar-refractivity contribution in [1.29, 1.82) is 0 Å².